The van der Waals surface area contributed by atoms with Gasteiger partial charge in [0.1, 0.15) is 12.1 Å². The number of carboxylic acid groups (broad SMARTS) is 1. The van der Waals surface area contributed by atoms with E-state index in [0.29, 0.717) is 19.0 Å². The molecular formula is C12H17N3O3. The fourth-order valence-corrected chi connectivity index (χ4v) is 2.41. The monoisotopic (exact) mass is 251 g/mol. The van der Waals surface area contributed by atoms with E-state index in [9.17, 15) is 4.79 Å². The van der Waals surface area contributed by atoms with Crippen molar-refractivity contribution < 1.29 is 14.6 Å². The Labute approximate surface area is 106 Å². The number of rotatable bonds is 3. The molecule has 1 aromatic rings. The standard InChI is InChI=1S/C12H17N3O3/c1-7-4-15(5-9(7)12(16)17)10-8(2)11(18-3)14-6-13-10/h6-7,9H,4-5H2,1-3H3,(H,16,17)/t7-,9-/m1/s1. The van der Waals surface area contributed by atoms with Gasteiger partial charge < -0.3 is 14.7 Å². The van der Waals surface area contributed by atoms with Crippen molar-refractivity contribution in [3.05, 3.63) is 11.9 Å². The number of carboxylic acids is 1. The Balaban J connectivity index is 2.26. The second kappa shape index (κ2) is 4.80. The molecular weight excluding hydrogens is 234 g/mol. The van der Waals surface area contributed by atoms with E-state index in [4.69, 9.17) is 9.84 Å². The summed E-state index contributed by atoms with van der Waals surface area (Å²) in [4.78, 5) is 21.4. The van der Waals surface area contributed by atoms with E-state index in [1.54, 1.807) is 7.11 Å². The van der Waals surface area contributed by atoms with Crippen molar-refractivity contribution >= 4 is 11.8 Å². The first-order valence-electron chi connectivity index (χ1n) is 5.88. The second-order valence-corrected chi connectivity index (χ2v) is 4.66. The molecule has 0 aliphatic carbocycles. The van der Waals surface area contributed by atoms with Crippen molar-refractivity contribution in [1.82, 2.24) is 9.97 Å². The zero-order valence-electron chi connectivity index (χ0n) is 10.8. The number of anilines is 1. The van der Waals surface area contributed by atoms with Gasteiger partial charge in [-0.3, -0.25) is 4.79 Å². The van der Waals surface area contributed by atoms with E-state index in [1.165, 1.54) is 6.33 Å². The fraction of sp³-hybridized carbons (Fsp3) is 0.583. The van der Waals surface area contributed by atoms with Crippen LogP contribution < -0.4 is 9.64 Å². The summed E-state index contributed by atoms with van der Waals surface area (Å²) in [6.45, 7) is 5.01. The lowest BCUT2D eigenvalue weighted by molar-refractivity contribution is -0.142. The lowest BCUT2D eigenvalue weighted by atomic mass is 9.99. The van der Waals surface area contributed by atoms with Crippen LogP contribution in [0.15, 0.2) is 6.33 Å². The minimum Gasteiger partial charge on any atom is -0.481 e. The average molecular weight is 251 g/mol. The van der Waals surface area contributed by atoms with E-state index in [0.717, 1.165) is 11.4 Å². The highest BCUT2D eigenvalue weighted by atomic mass is 16.5. The molecule has 0 aromatic carbocycles. The molecule has 0 spiro atoms. The van der Waals surface area contributed by atoms with Crippen LogP contribution in [0.5, 0.6) is 5.88 Å². The molecule has 2 rings (SSSR count). The Morgan fingerprint density at radius 3 is 2.78 bits per heavy atom. The lowest BCUT2D eigenvalue weighted by Crippen LogP contribution is -2.24. The van der Waals surface area contributed by atoms with E-state index in [-0.39, 0.29) is 11.8 Å². The molecule has 0 amide bonds. The van der Waals surface area contributed by atoms with Gasteiger partial charge in [-0.2, -0.15) is 0 Å². The summed E-state index contributed by atoms with van der Waals surface area (Å²) >= 11 is 0. The topological polar surface area (TPSA) is 75.6 Å². The van der Waals surface area contributed by atoms with Crippen LogP contribution in [0.1, 0.15) is 12.5 Å². The summed E-state index contributed by atoms with van der Waals surface area (Å²) in [6.07, 6.45) is 1.44. The maximum atomic E-state index is 11.1. The number of nitrogens with zero attached hydrogens (tertiary/aromatic N) is 3. The first-order valence-corrected chi connectivity index (χ1v) is 5.88. The smallest absolute Gasteiger partial charge is 0.308 e. The third kappa shape index (κ3) is 2.10. The van der Waals surface area contributed by atoms with Gasteiger partial charge in [-0.15, -0.1) is 0 Å². The van der Waals surface area contributed by atoms with Gasteiger partial charge in [-0.25, -0.2) is 9.97 Å². The van der Waals surface area contributed by atoms with E-state index in [2.05, 4.69) is 9.97 Å². The normalized spacial score (nSPS) is 23.2. The molecule has 1 aliphatic rings. The molecule has 1 aromatic heterocycles. The summed E-state index contributed by atoms with van der Waals surface area (Å²) in [6, 6.07) is 0. The molecule has 2 heterocycles. The van der Waals surface area contributed by atoms with E-state index < -0.39 is 5.97 Å². The van der Waals surface area contributed by atoms with Crippen LogP contribution in [0.2, 0.25) is 0 Å². The Bertz CT molecular complexity index is 464. The van der Waals surface area contributed by atoms with Crippen molar-refractivity contribution in [2.75, 3.05) is 25.1 Å². The largest absolute Gasteiger partial charge is 0.481 e. The van der Waals surface area contributed by atoms with Gasteiger partial charge in [0.25, 0.3) is 0 Å². The van der Waals surface area contributed by atoms with Gasteiger partial charge in [0.15, 0.2) is 0 Å². The Morgan fingerprint density at radius 2 is 2.22 bits per heavy atom. The van der Waals surface area contributed by atoms with Crippen LogP contribution in [-0.2, 0) is 4.79 Å². The number of aromatic nitrogens is 2. The molecule has 0 bridgehead atoms. The van der Waals surface area contributed by atoms with Crippen LogP contribution >= 0.6 is 0 Å². The third-order valence-corrected chi connectivity index (χ3v) is 3.43. The Morgan fingerprint density at radius 1 is 1.50 bits per heavy atom. The molecule has 0 saturated carbocycles. The van der Waals surface area contributed by atoms with Crippen LogP contribution in [0.25, 0.3) is 0 Å². The van der Waals surface area contributed by atoms with Gasteiger partial charge in [0.2, 0.25) is 5.88 Å². The zero-order chi connectivity index (χ0) is 13.3. The van der Waals surface area contributed by atoms with Crippen molar-refractivity contribution in [1.29, 1.82) is 0 Å². The van der Waals surface area contributed by atoms with Crippen molar-refractivity contribution in [3.63, 3.8) is 0 Å². The van der Waals surface area contributed by atoms with Crippen LogP contribution in [0.4, 0.5) is 5.82 Å². The highest BCUT2D eigenvalue weighted by Gasteiger charge is 2.36. The second-order valence-electron chi connectivity index (χ2n) is 4.66. The molecule has 1 saturated heterocycles. The maximum Gasteiger partial charge on any atom is 0.308 e. The summed E-state index contributed by atoms with van der Waals surface area (Å²) < 4.78 is 5.15. The minimum absolute atomic E-state index is 0.114. The molecule has 0 radical (unpaired) electrons. The lowest BCUT2D eigenvalue weighted by Gasteiger charge is -2.19. The molecule has 1 fully saturated rings. The first kappa shape index (κ1) is 12.6. The van der Waals surface area contributed by atoms with E-state index in [1.807, 2.05) is 18.7 Å². The predicted molar refractivity (Wildman–Crippen MR) is 65.8 cm³/mol. The highest BCUT2D eigenvalue weighted by Crippen LogP contribution is 2.31. The molecule has 1 aliphatic heterocycles. The Kier molecular flexibility index (Phi) is 3.36. The summed E-state index contributed by atoms with van der Waals surface area (Å²) in [5.41, 5.74) is 0.846. The molecule has 0 unspecified atom stereocenters. The molecule has 6 nitrogen and oxygen atoms in total. The van der Waals surface area contributed by atoms with Gasteiger partial charge >= 0.3 is 5.97 Å². The van der Waals surface area contributed by atoms with Crippen LogP contribution in [0.3, 0.4) is 0 Å². The highest BCUT2D eigenvalue weighted by molar-refractivity contribution is 5.72. The summed E-state index contributed by atoms with van der Waals surface area (Å²) in [5.74, 6) is 0.320. The predicted octanol–water partition coefficient (Wildman–Crippen LogP) is 0.951. The number of carbonyl (C=O) groups is 1. The summed E-state index contributed by atoms with van der Waals surface area (Å²) in [7, 11) is 1.56. The first-order chi connectivity index (χ1) is 8.54. The van der Waals surface area contributed by atoms with Gasteiger partial charge in [-0.1, -0.05) is 6.92 Å². The fourth-order valence-electron chi connectivity index (χ4n) is 2.41. The van der Waals surface area contributed by atoms with Gasteiger partial charge in [0, 0.05) is 13.1 Å². The maximum absolute atomic E-state index is 11.1. The van der Waals surface area contributed by atoms with Crippen LogP contribution in [-0.4, -0.2) is 41.2 Å². The van der Waals surface area contributed by atoms with E-state index >= 15 is 0 Å². The average Bonchev–Trinajstić information content (AvgIpc) is 2.71. The minimum atomic E-state index is -0.747. The summed E-state index contributed by atoms with van der Waals surface area (Å²) in [5, 5.41) is 9.13. The number of ether oxygens (including phenoxy) is 1. The molecule has 98 valence electrons. The van der Waals surface area contributed by atoms with Crippen molar-refractivity contribution in [3.8, 4) is 5.88 Å². The SMILES string of the molecule is COc1ncnc(N2C[C@@H](C)[C@H](C(=O)O)C2)c1C. The van der Waals surface area contributed by atoms with Crippen molar-refractivity contribution in [2.24, 2.45) is 11.8 Å². The molecule has 18 heavy (non-hydrogen) atoms. The molecule has 2 atom stereocenters. The zero-order valence-corrected chi connectivity index (χ0v) is 10.8. The van der Waals surface area contributed by atoms with Crippen molar-refractivity contribution in [2.45, 2.75) is 13.8 Å². The number of hydrogen-bond donors (Lipinski definition) is 1. The van der Waals surface area contributed by atoms with Gasteiger partial charge in [-0.05, 0) is 12.8 Å². The number of hydrogen-bond acceptors (Lipinski definition) is 5. The van der Waals surface area contributed by atoms with Gasteiger partial charge in [0.05, 0.1) is 18.6 Å². The number of aliphatic carboxylic acids is 1. The van der Waals surface area contributed by atoms with Crippen LogP contribution in [0, 0.1) is 18.8 Å². The molecule has 1 N–H and O–H groups in total. The Hall–Kier alpha value is -1.85. The quantitative estimate of drug-likeness (QED) is 0.862. The third-order valence-electron chi connectivity index (χ3n) is 3.43. The molecule has 6 heteroatoms. The number of methoxy groups -OCH3 is 1.